The van der Waals surface area contributed by atoms with Crippen molar-refractivity contribution in [3.8, 4) is 0 Å². The second-order valence-corrected chi connectivity index (χ2v) is 6.00. The largest absolute Gasteiger partial charge is 0.392 e. The molecule has 0 aromatic rings. The molecule has 0 aromatic heterocycles. The van der Waals surface area contributed by atoms with Crippen molar-refractivity contribution in [2.24, 2.45) is 11.7 Å². The molecule has 0 unspecified atom stereocenters. The van der Waals surface area contributed by atoms with Gasteiger partial charge in [-0.2, -0.15) is 0 Å². The minimum Gasteiger partial charge on any atom is -0.392 e. The molecule has 0 fully saturated rings. The first-order chi connectivity index (χ1) is 5.75. The van der Waals surface area contributed by atoms with Crippen LogP contribution in [0, 0.1) is 5.92 Å². The average molecular weight is 224 g/mol. The van der Waals surface area contributed by atoms with Gasteiger partial charge in [0.1, 0.15) is 5.75 Å². The standard InChI is InChI=1S/C7H16N2O2S2/c1-6(2)4-9(3)13(10,11)5-7(8)12/h6H,4-5H2,1-3H3,(H2,8,12). The smallest absolute Gasteiger partial charge is 0.220 e. The summed E-state index contributed by atoms with van der Waals surface area (Å²) in [7, 11) is -1.75. The van der Waals surface area contributed by atoms with Crippen LogP contribution in [0.25, 0.3) is 0 Å². The highest BCUT2D eigenvalue weighted by Gasteiger charge is 2.19. The zero-order valence-corrected chi connectivity index (χ0v) is 9.78. The predicted octanol–water partition coefficient (Wildman–Crippen LogP) is 0.190. The normalized spacial score (nSPS) is 12.4. The number of sulfonamides is 1. The topological polar surface area (TPSA) is 63.4 Å². The summed E-state index contributed by atoms with van der Waals surface area (Å²) in [5.74, 6) is 0.0528. The van der Waals surface area contributed by atoms with Crippen molar-refractivity contribution in [1.82, 2.24) is 4.31 Å². The molecule has 0 atom stereocenters. The van der Waals surface area contributed by atoms with Gasteiger partial charge >= 0.3 is 0 Å². The van der Waals surface area contributed by atoms with Crippen molar-refractivity contribution in [1.29, 1.82) is 0 Å². The van der Waals surface area contributed by atoms with Crippen LogP contribution in [0.3, 0.4) is 0 Å². The molecular formula is C7H16N2O2S2. The number of nitrogens with zero attached hydrogens (tertiary/aromatic N) is 1. The van der Waals surface area contributed by atoms with Crippen molar-refractivity contribution in [3.63, 3.8) is 0 Å². The lowest BCUT2D eigenvalue weighted by Gasteiger charge is -2.18. The van der Waals surface area contributed by atoms with E-state index in [2.05, 4.69) is 12.2 Å². The highest BCUT2D eigenvalue weighted by atomic mass is 32.2. The van der Waals surface area contributed by atoms with Gasteiger partial charge in [0.25, 0.3) is 0 Å². The third kappa shape index (κ3) is 5.17. The van der Waals surface area contributed by atoms with Crippen LogP contribution in [0.15, 0.2) is 0 Å². The number of hydrogen-bond donors (Lipinski definition) is 1. The summed E-state index contributed by atoms with van der Waals surface area (Å²) >= 11 is 4.55. The van der Waals surface area contributed by atoms with E-state index in [4.69, 9.17) is 5.73 Å². The Morgan fingerprint density at radius 2 is 2.00 bits per heavy atom. The molecule has 0 radical (unpaired) electrons. The summed E-state index contributed by atoms with van der Waals surface area (Å²) in [5.41, 5.74) is 5.17. The van der Waals surface area contributed by atoms with Crippen LogP contribution in [0.5, 0.6) is 0 Å². The van der Waals surface area contributed by atoms with Crippen LogP contribution < -0.4 is 5.73 Å². The van der Waals surface area contributed by atoms with Crippen molar-refractivity contribution in [3.05, 3.63) is 0 Å². The zero-order chi connectivity index (χ0) is 10.6. The molecule has 2 N–H and O–H groups in total. The Balaban J connectivity index is 4.37. The van der Waals surface area contributed by atoms with E-state index in [1.807, 2.05) is 13.8 Å². The summed E-state index contributed by atoms with van der Waals surface area (Å²) < 4.78 is 24.2. The SMILES string of the molecule is CC(C)CN(C)S(=O)(=O)CC(N)=S. The molecule has 0 rings (SSSR count). The van der Waals surface area contributed by atoms with Gasteiger partial charge < -0.3 is 5.73 Å². The van der Waals surface area contributed by atoms with Gasteiger partial charge in [0.15, 0.2) is 0 Å². The highest BCUT2D eigenvalue weighted by molar-refractivity contribution is 7.92. The summed E-state index contributed by atoms with van der Waals surface area (Å²) in [5, 5.41) is 0. The fraction of sp³-hybridized carbons (Fsp3) is 0.857. The van der Waals surface area contributed by atoms with E-state index in [9.17, 15) is 8.42 Å². The van der Waals surface area contributed by atoms with Crippen molar-refractivity contribution in [2.45, 2.75) is 13.8 Å². The third-order valence-corrected chi connectivity index (χ3v) is 3.52. The van der Waals surface area contributed by atoms with Crippen LogP contribution in [0.4, 0.5) is 0 Å². The molecule has 4 nitrogen and oxygen atoms in total. The first-order valence-electron chi connectivity index (χ1n) is 3.98. The lowest BCUT2D eigenvalue weighted by molar-refractivity contribution is 0.419. The molecule has 0 aliphatic heterocycles. The molecule has 6 heteroatoms. The van der Waals surface area contributed by atoms with E-state index in [-0.39, 0.29) is 10.7 Å². The van der Waals surface area contributed by atoms with Gasteiger partial charge in [0.05, 0.1) is 4.99 Å². The van der Waals surface area contributed by atoms with E-state index in [1.165, 1.54) is 11.4 Å². The monoisotopic (exact) mass is 224 g/mol. The number of hydrogen-bond acceptors (Lipinski definition) is 3. The molecule has 0 saturated carbocycles. The lowest BCUT2D eigenvalue weighted by Crippen LogP contribution is -2.36. The minimum absolute atomic E-state index is 0.00982. The molecule has 0 aromatic carbocycles. The maximum Gasteiger partial charge on any atom is 0.220 e. The van der Waals surface area contributed by atoms with Gasteiger partial charge in [-0.15, -0.1) is 0 Å². The second-order valence-electron chi connectivity index (χ2n) is 3.40. The van der Waals surface area contributed by atoms with Gasteiger partial charge in [-0.25, -0.2) is 12.7 Å². The zero-order valence-electron chi connectivity index (χ0n) is 8.15. The minimum atomic E-state index is -3.29. The van der Waals surface area contributed by atoms with Crippen molar-refractivity contribution < 1.29 is 8.42 Å². The number of nitrogens with two attached hydrogens (primary N) is 1. The van der Waals surface area contributed by atoms with Crippen LogP contribution >= 0.6 is 12.2 Å². The summed E-state index contributed by atoms with van der Waals surface area (Å²) in [6, 6.07) is 0. The molecule has 0 bridgehead atoms. The third-order valence-electron chi connectivity index (χ3n) is 1.42. The molecule has 0 aliphatic rings. The van der Waals surface area contributed by atoms with E-state index in [0.717, 1.165) is 0 Å². The quantitative estimate of drug-likeness (QED) is 0.677. The number of thiocarbonyl (C=S) groups is 1. The second kappa shape index (κ2) is 4.88. The van der Waals surface area contributed by atoms with Gasteiger partial charge in [-0.1, -0.05) is 26.1 Å². The predicted molar refractivity (Wildman–Crippen MR) is 58.0 cm³/mol. The summed E-state index contributed by atoms with van der Waals surface area (Å²) in [6.07, 6.45) is 0. The fourth-order valence-corrected chi connectivity index (χ4v) is 2.47. The van der Waals surface area contributed by atoms with Gasteiger partial charge in [0, 0.05) is 13.6 Å². The first kappa shape index (κ1) is 12.8. The lowest BCUT2D eigenvalue weighted by atomic mass is 10.2. The average Bonchev–Trinajstić information content (AvgIpc) is 1.81. The van der Waals surface area contributed by atoms with E-state index >= 15 is 0 Å². The molecule has 0 heterocycles. The Kier molecular flexibility index (Phi) is 4.80. The molecular weight excluding hydrogens is 208 g/mol. The molecule has 78 valence electrons. The van der Waals surface area contributed by atoms with Crippen molar-refractivity contribution >= 4 is 27.2 Å². The van der Waals surface area contributed by atoms with Crippen LogP contribution in [0.1, 0.15) is 13.8 Å². The van der Waals surface area contributed by atoms with Crippen LogP contribution in [-0.4, -0.2) is 37.1 Å². The molecule has 13 heavy (non-hydrogen) atoms. The Labute approximate surface area is 85.1 Å². The van der Waals surface area contributed by atoms with Crippen molar-refractivity contribution in [2.75, 3.05) is 19.3 Å². The fourth-order valence-electron chi connectivity index (χ4n) is 0.918. The summed E-state index contributed by atoms with van der Waals surface area (Å²) in [6.45, 7) is 4.39. The molecule has 0 aliphatic carbocycles. The van der Waals surface area contributed by atoms with Gasteiger partial charge in [-0.05, 0) is 5.92 Å². The Morgan fingerprint density at radius 1 is 1.54 bits per heavy atom. The highest BCUT2D eigenvalue weighted by Crippen LogP contribution is 2.03. The van der Waals surface area contributed by atoms with Gasteiger partial charge in [0.2, 0.25) is 10.0 Å². The molecule has 0 saturated heterocycles. The van der Waals surface area contributed by atoms with E-state index < -0.39 is 10.0 Å². The van der Waals surface area contributed by atoms with Gasteiger partial charge in [-0.3, -0.25) is 0 Å². The maximum atomic E-state index is 11.4. The molecule has 0 spiro atoms. The number of rotatable bonds is 5. The Morgan fingerprint density at radius 3 is 2.31 bits per heavy atom. The van der Waals surface area contributed by atoms with Crippen LogP contribution in [0.2, 0.25) is 0 Å². The Bertz CT molecular complexity index is 272. The molecule has 0 amide bonds. The van der Waals surface area contributed by atoms with E-state index in [0.29, 0.717) is 12.5 Å². The van der Waals surface area contributed by atoms with Crippen LogP contribution in [-0.2, 0) is 10.0 Å². The summed E-state index contributed by atoms with van der Waals surface area (Å²) in [4.78, 5) is 0.00982. The first-order valence-corrected chi connectivity index (χ1v) is 5.99. The Hall–Kier alpha value is -0.200. The van der Waals surface area contributed by atoms with E-state index in [1.54, 1.807) is 0 Å². The maximum absolute atomic E-state index is 11.4.